The summed E-state index contributed by atoms with van der Waals surface area (Å²) in [5, 5.41) is 1.96. The van der Waals surface area contributed by atoms with Crippen molar-refractivity contribution in [1.29, 1.82) is 0 Å². The number of thiophene rings is 1. The van der Waals surface area contributed by atoms with Gasteiger partial charge in [0.2, 0.25) is 0 Å². The second-order valence-corrected chi connectivity index (χ2v) is 6.97. The van der Waals surface area contributed by atoms with Gasteiger partial charge in [0.15, 0.2) is 0 Å². The number of nitrogens with zero attached hydrogens (tertiary/aromatic N) is 2. The number of carbonyl (C=O) groups excluding carboxylic acids is 1. The summed E-state index contributed by atoms with van der Waals surface area (Å²) in [5.74, 6) is 0.577. The zero-order chi connectivity index (χ0) is 15.5. The third-order valence-electron chi connectivity index (χ3n) is 4.85. The third kappa shape index (κ3) is 3.06. The number of hydrogen-bond acceptors (Lipinski definition) is 5. The summed E-state index contributed by atoms with van der Waals surface area (Å²) >= 11 is 1.52. The van der Waals surface area contributed by atoms with Crippen LogP contribution in [0, 0.1) is 5.92 Å². The van der Waals surface area contributed by atoms with Crippen molar-refractivity contribution in [2.45, 2.75) is 18.6 Å². The Bertz CT molecular complexity index is 494. The molecule has 0 spiro atoms. The third-order valence-corrected chi connectivity index (χ3v) is 5.71. The average Bonchev–Trinajstić information content (AvgIpc) is 3.20. The van der Waals surface area contributed by atoms with Crippen LogP contribution in [0.15, 0.2) is 17.5 Å². The van der Waals surface area contributed by atoms with Crippen LogP contribution in [-0.4, -0.2) is 74.9 Å². The van der Waals surface area contributed by atoms with Gasteiger partial charge in [0.05, 0.1) is 23.6 Å². The van der Waals surface area contributed by atoms with Crippen LogP contribution in [0.25, 0.3) is 0 Å². The Hall–Kier alpha value is -0.950. The molecule has 0 unspecified atom stereocenters. The van der Waals surface area contributed by atoms with Gasteiger partial charge in [0, 0.05) is 46.3 Å². The van der Waals surface area contributed by atoms with Gasteiger partial charge >= 0.3 is 0 Å². The van der Waals surface area contributed by atoms with Gasteiger partial charge in [-0.05, 0) is 17.9 Å². The molecule has 2 aliphatic heterocycles. The lowest BCUT2D eigenvalue weighted by atomic mass is 9.89. The molecule has 2 aliphatic rings. The predicted octanol–water partition coefficient (Wildman–Crippen LogP) is 1.56. The summed E-state index contributed by atoms with van der Waals surface area (Å²) in [6.07, 6.45) is 1.18. The number of carbonyl (C=O) groups is 1. The molecule has 0 bridgehead atoms. The maximum absolute atomic E-state index is 12.8. The molecule has 3 atom stereocenters. The van der Waals surface area contributed by atoms with Gasteiger partial charge in [0.1, 0.15) is 0 Å². The summed E-state index contributed by atoms with van der Waals surface area (Å²) in [4.78, 5) is 18.1. The number of methoxy groups -OCH3 is 2. The normalized spacial score (nSPS) is 28.8. The number of hydrogen-bond donors (Lipinski definition) is 0. The largest absolute Gasteiger partial charge is 0.383 e. The van der Waals surface area contributed by atoms with Crippen LogP contribution in [-0.2, 0) is 9.47 Å². The van der Waals surface area contributed by atoms with E-state index in [1.54, 1.807) is 14.2 Å². The highest BCUT2D eigenvalue weighted by Gasteiger charge is 2.46. The fraction of sp³-hybridized carbons (Fsp3) is 0.688. The number of ether oxygens (including phenoxy) is 2. The lowest BCUT2D eigenvalue weighted by molar-refractivity contribution is -0.0155. The molecular formula is C16H24N2O3S. The van der Waals surface area contributed by atoms with E-state index >= 15 is 0 Å². The minimum Gasteiger partial charge on any atom is -0.383 e. The molecule has 0 saturated carbocycles. The predicted molar refractivity (Wildman–Crippen MR) is 86.4 cm³/mol. The molecule has 1 amide bonds. The summed E-state index contributed by atoms with van der Waals surface area (Å²) in [6, 6.07) is 4.11. The standard InChI is InChI=1S/C16H24N2O3S/c1-20-8-7-17-10-12-13(11-17)18(6-5-14(12)21-2)16(19)15-4-3-9-22-15/h3-4,9,12-14H,5-8,10-11H2,1-2H3/t12-,13+,14-/m0/s1. The first kappa shape index (κ1) is 15.9. The quantitative estimate of drug-likeness (QED) is 0.824. The SMILES string of the molecule is COCCN1C[C@@H]2[C@@H](OC)CCN(C(=O)c3cccs3)[C@@H]2C1. The molecule has 0 radical (unpaired) electrons. The first-order valence-corrected chi connectivity index (χ1v) is 8.71. The summed E-state index contributed by atoms with van der Waals surface area (Å²) in [5.41, 5.74) is 0. The Morgan fingerprint density at radius 1 is 1.41 bits per heavy atom. The van der Waals surface area contributed by atoms with Crippen molar-refractivity contribution in [2.24, 2.45) is 5.92 Å². The van der Waals surface area contributed by atoms with Crippen LogP contribution in [0.5, 0.6) is 0 Å². The van der Waals surface area contributed by atoms with Gasteiger partial charge in [-0.25, -0.2) is 0 Å². The van der Waals surface area contributed by atoms with Gasteiger partial charge in [-0.2, -0.15) is 0 Å². The van der Waals surface area contributed by atoms with Crippen LogP contribution in [0.2, 0.25) is 0 Å². The zero-order valence-corrected chi connectivity index (χ0v) is 14.1. The molecule has 3 rings (SSSR count). The van der Waals surface area contributed by atoms with E-state index < -0.39 is 0 Å². The first-order valence-electron chi connectivity index (χ1n) is 7.83. The van der Waals surface area contributed by atoms with Crippen molar-refractivity contribution in [2.75, 3.05) is 47.0 Å². The fourth-order valence-electron chi connectivity index (χ4n) is 3.73. The van der Waals surface area contributed by atoms with E-state index in [0.29, 0.717) is 5.92 Å². The molecule has 2 saturated heterocycles. The number of fused-ring (bicyclic) bond motifs is 1. The highest BCUT2D eigenvalue weighted by atomic mass is 32.1. The summed E-state index contributed by atoms with van der Waals surface area (Å²) in [7, 11) is 3.52. The van der Waals surface area contributed by atoms with Crippen molar-refractivity contribution in [3.05, 3.63) is 22.4 Å². The van der Waals surface area contributed by atoms with E-state index in [-0.39, 0.29) is 18.1 Å². The first-order chi connectivity index (χ1) is 10.7. The molecule has 0 aliphatic carbocycles. The van der Waals surface area contributed by atoms with E-state index in [2.05, 4.69) is 9.80 Å². The number of piperidine rings is 1. The second-order valence-electron chi connectivity index (χ2n) is 6.02. The molecular weight excluding hydrogens is 300 g/mol. The van der Waals surface area contributed by atoms with Crippen molar-refractivity contribution in [3.8, 4) is 0 Å². The van der Waals surface area contributed by atoms with E-state index in [4.69, 9.17) is 9.47 Å². The molecule has 22 heavy (non-hydrogen) atoms. The number of rotatable bonds is 5. The van der Waals surface area contributed by atoms with E-state index in [1.807, 2.05) is 17.5 Å². The highest BCUT2D eigenvalue weighted by Crippen LogP contribution is 2.33. The molecule has 122 valence electrons. The van der Waals surface area contributed by atoms with Crippen LogP contribution in [0.1, 0.15) is 16.1 Å². The maximum atomic E-state index is 12.8. The van der Waals surface area contributed by atoms with E-state index in [1.165, 1.54) is 11.3 Å². The summed E-state index contributed by atoms with van der Waals surface area (Å²) in [6.45, 7) is 4.34. The van der Waals surface area contributed by atoms with Gasteiger partial charge in [-0.1, -0.05) is 6.07 Å². The van der Waals surface area contributed by atoms with Gasteiger partial charge in [-0.3, -0.25) is 9.69 Å². The average molecular weight is 324 g/mol. The molecule has 1 aromatic rings. The van der Waals surface area contributed by atoms with Crippen LogP contribution in [0.3, 0.4) is 0 Å². The van der Waals surface area contributed by atoms with Gasteiger partial charge in [-0.15, -0.1) is 11.3 Å². The smallest absolute Gasteiger partial charge is 0.264 e. The minimum atomic E-state index is 0.174. The van der Waals surface area contributed by atoms with Crippen molar-refractivity contribution < 1.29 is 14.3 Å². The Kier molecular flexibility index (Phi) is 5.13. The number of amides is 1. The van der Waals surface area contributed by atoms with Crippen LogP contribution >= 0.6 is 11.3 Å². The fourth-order valence-corrected chi connectivity index (χ4v) is 4.40. The van der Waals surface area contributed by atoms with Gasteiger partial charge in [0.25, 0.3) is 5.91 Å². The molecule has 2 fully saturated rings. The Morgan fingerprint density at radius 2 is 2.27 bits per heavy atom. The van der Waals surface area contributed by atoms with Crippen molar-refractivity contribution >= 4 is 17.2 Å². The minimum absolute atomic E-state index is 0.174. The molecule has 5 nitrogen and oxygen atoms in total. The number of likely N-dealkylation sites (tertiary alicyclic amines) is 2. The zero-order valence-electron chi connectivity index (χ0n) is 13.2. The monoisotopic (exact) mass is 324 g/mol. The second kappa shape index (κ2) is 7.08. The van der Waals surface area contributed by atoms with Crippen molar-refractivity contribution in [1.82, 2.24) is 9.80 Å². The topological polar surface area (TPSA) is 42.0 Å². The molecule has 0 aromatic carbocycles. The lowest BCUT2D eigenvalue weighted by Crippen LogP contribution is -2.53. The molecule has 6 heteroatoms. The Morgan fingerprint density at radius 3 is 2.95 bits per heavy atom. The molecule has 0 N–H and O–H groups in total. The van der Waals surface area contributed by atoms with E-state index in [9.17, 15) is 4.79 Å². The molecule has 1 aromatic heterocycles. The Balaban J connectivity index is 1.74. The van der Waals surface area contributed by atoms with E-state index in [0.717, 1.165) is 44.1 Å². The van der Waals surface area contributed by atoms with Crippen LogP contribution < -0.4 is 0 Å². The highest BCUT2D eigenvalue weighted by molar-refractivity contribution is 7.12. The lowest BCUT2D eigenvalue weighted by Gasteiger charge is -2.41. The van der Waals surface area contributed by atoms with Gasteiger partial charge < -0.3 is 14.4 Å². The van der Waals surface area contributed by atoms with Crippen LogP contribution in [0.4, 0.5) is 0 Å². The Labute approximate surface area is 135 Å². The summed E-state index contributed by atoms with van der Waals surface area (Å²) < 4.78 is 10.9. The molecule has 3 heterocycles. The maximum Gasteiger partial charge on any atom is 0.264 e. The van der Waals surface area contributed by atoms with Crippen molar-refractivity contribution in [3.63, 3.8) is 0 Å².